The minimum Gasteiger partial charge on any atom is -0.485 e. The molecule has 0 radical (unpaired) electrons. The van der Waals surface area contributed by atoms with E-state index in [1.807, 2.05) is 30.1 Å². The van der Waals surface area contributed by atoms with Crippen molar-refractivity contribution in [1.29, 1.82) is 0 Å². The van der Waals surface area contributed by atoms with Gasteiger partial charge in [0.2, 0.25) is 12.0 Å². The number of carbonyl (C=O) groups is 2. The largest absolute Gasteiger partial charge is 0.485 e. The van der Waals surface area contributed by atoms with Crippen molar-refractivity contribution in [2.24, 2.45) is 0 Å². The highest BCUT2D eigenvalue weighted by Crippen LogP contribution is 2.43. The first kappa shape index (κ1) is 18.4. The van der Waals surface area contributed by atoms with Crippen molar-refractivity contribution in [2.75, 3.05) is 45.6 Å². The Kier molecular flexibility index (Phi) is 5.19. The third-order valence-corrected chi connectivity index (χ3v) is 7.12. The second-order valence-corrected chi connectivity index (χ2v) is 8.40. The Hall–Kier alpha value is -1.93. The summed E-state index contributed by atoms with van der Waals surface area (Å²) in [7, 11) is 1.91. The number of piperidine rings is 1. The summed E-state index contributed by atoms with van der Waals surface area (Å²) in [5.41, 5.74) is 0. The summed E-state index contributed by atoms with van der Waals surface area (Å²) in [6, 6.07) is 7.29. The van der Waals surface area contributed by atoms with E-state index in [1.54, 1.807) is 17.8 Å². The van der Waals surface area contributed by atoms with E-state index in [9.17, 15) is 9.59 Å². The van der Waals surface area contributed by atoms with E-state index in [0.29, 0.717) is 30.4 Å². The lowest BCUT2D eigenvalue weighted by Gasteiger charge is -2.42. The molecular formula is C19H24N2O5S. The van der Waals surface area contributed by atoms with Crippen molar-refractivity contribution < 1.29 is 23.8 Å². The van der Waals surface area contributed by atoms with E-state index in [0.717, 1.165) is 25.9 Å². The van der Waals surface area contributed by atoms with E-state index in [-0.39, 0.29) is 17.4 Å². The number of amides is 1. The molecule has 27 heavy (non-hydrogen) atoms. The van der Waals surface area contributed by atoms with Gasteiger partial charge in [0.15, 0.2) is 11.5 Å². The van der Waals surface area contributed by atoms with Crippen LogP contribution in [0.2, 0.25) is 0 Å². The molecule has 7 nitrogen and oxygen atoms in total. The number of hydrogen-bond donors (Lipinski definition) is 0. The second kappa shape index (κ2) is 7.59. The van der Waals surface area contributed by atoms with Crippen molar-refractivity contribution in [3.63, 3.8) is 0 Å². The Balaban J connectivity index is 1.20. The minimum atomic E-state index is -0.723. The highest BCUT2D eigenvalue weighted by molar-refractivity contribution is 8.01. The predicted molar refractivity (Wildman–Crippen MR) is 101 cm³/mol. The Morgan fingerprint density at radius 3 is 2.74 bits per heavy atom. The Morgan fingerprint density at radius 1 is 1.30 bits per heavy atom. The summed E-state index contributed by atoms with van der Waals surface area (Å²) in [5, 5.41) is 0. The molecule has 0 saturated carbocycles. The fourth-order valence-corrected chi connectivity index (χ4v) is 5.08. The maximum Gasteiger partial charge on any atom is 0.351 e. The molecule has 0 aliphatic carbocycles. The molecule has 1 amide bonds. The SMILES string of the molecule is CN1C(=O)CSC12CCN(CCOC(=O)C1COc3ccccc3O1)CC2. The number of carbonyl (C=O) groups excluding carboxylic acids is 2. The first-order valence-corrected chi connectivity index (χ1v) is 10.2. The lowest BCUT2D eigenvalue weighted by atomic mass is 10.0. The van der Waals surface area contributed by atoms with E-state index in [4.69, 9.17) is 14.2 Å². The number of nitrogens with zero attached hydrogens (tertiary/aromatic N) is 2. The van der Waals surface area contributed by atoms with Gasteiger partial charge in [-0.25, -0.2) is 4.79 Å². The second-order valence-electron chi connectivity index (χ2n) is 7.06. The molecule has 146 valence electrons. The number of fused-ring (bicyclic) bond motifs is 1. The van der Waals surface area contributed by atoms with E-state index >= 15 is 0 Å². The number of benzene rings is 1. The molecule has 3 heterocycles. The number of thioether (sulfide) groups is 1. The molecule has 1 aromatic carbocycles. The fraction of sp³-hybridized carbons (Fsp3) is 0.579. The highest BCUT2D eigenvalue weighted by atomic mass is 32.2. The van der Waals surface area contributed by atoms with Crippen LogP contribution in [0.5, 0.6) is 11.5 Å². The summed E-state index contributed by atoms with van der Waals surface area (Å²) in [4.78, 5) is 28.2. The van der Waals surface area contributed by atoms with Gasteiger partial charge in [-0.2, -0.15) is 0 Å². The normalized spacial score (nSPS) is 24.3. The van der Waals surface area contributed by atoms with E-state index < -0.39 is 12.1 Å². The van der Waals surface area contributed by atoms with Crippen LogP contribution in [0.3, 0.4) is 0 Å². The van der Waals surface area contributed by atoms with Crippen LogP contribution in [0.25, 0.3) is 0 Å². The van der Waals surface area contributed by atoms with Gasteiger partial charge >= 0.3 is 5.97 Å². The molecule has 2 saturated heterocycles. The number of hydrogen-bond acceptors (Lipinski definition) is 7. The van der Waals surface area contributed by atoms with Crippen LogP contribution in [0.4, 0.5) is 0 Å². The number of ether oxygens (including phenoxy) is 3. The first-order valence-electron chi connectivity index (χ1n) is 9.25. The third kappa shape index (κ3) is 3.73. The third-order valence-electron chi connectivity index (χ3n) is 5.51. The Labute approximate surface area is 162 Å². The molecule has 3 aliphatic rings. The molecule has 0 N–H and O–H groups in total. The van der Waals surface area contributed by atoms with Crippen molar-refractivity contribution in [2.45, 2.75) is 23.8 Å². The average Bonchev–Trinajstić information content (AvgIpc) is 2.98. The number of esters is 1. The number of para-hydroxylation sites is 2. The molecule has 3 aliphatic heterocycles. The van der Waals surface area contributed by atoms with Crippen LogP contribution in [0.1, 0.15) is 12.8 Å². The van der Waals surface area contributed by atoms with Crippen LogP contribution >= 0.6 is 11.8 Å². The quantitative estimate of drug-likeness (QED) is 0.717. The number of rotatable bonds is 4. The van der Waals surface area contributed by atoms with Crippen LogP contribution < -0.4 is 9.47 Å². The van der Waals surface area contributed by atoms with Gasteiger partial charge < -0.3 is 19.1 Å². The van der Waals surface area contributed by atoms with Crippen LogP contribution in [-0.4, -0.2) is 78.3 Å². The average molecular weight is 392 g/mol. The molecule has 8 heteroatoms. The molecular weight excluding hydrogens is 368 g/mol. The van der Waals surface area contributed by atoms with Crippen molar-refractivity contribution >= 4 is 23.6 Å². The standard InChI is InChI=1S/C19H24N2O5S/c1-20-17(22)13-27-19(20)6-8-21(9-7-19)10-11-24-18(23)16-12-25-14-4-2-3-5-15(14)26-16/h2-5,16H,6-13H2,1H3. The van der Waals surface area contributed by atoms with Crippen molar-refractivity contribution in [3.05, 3.63) is 24.3 Å². The lowest BCUT2D eigenvalue weighted by molar-refractivity contribution is -0.155. The van der Waals surface area contributed by atoms with Crippen LogP contribution in [0.15, 0.2) is 24.3 Å². The summed E-state index contributed by atoms with van der Waals surface area (Å²) >= 11 is 1.76. The highest BCUT2D eigenvalue weighted by Gasteiger charge is 2.45. The molecule has 0 aromatic heterocycles. The molecule has 1 unspecified atom stereocenters. The predicted octanol–water partition coefficient (Wildman–Crippen LogP) is 1.37. The van der Waals surface area contributed by atoms with Crippen molar-refractivity contribution in [3.8, 4) is 11.5 Å². The van der Waals surface area contributed by atoms with Gasteiger partial charge in [0, 0.05) is 26.7 Å². The van der Waals surface area contributed by atoms with Gasteiger partial charge in [0.25, 0.3) is 0 Å². The monoisotopic (exact) mass is 392 g/mol. The minimum absolute atomic E-state index is 0.0368. The van der Waals surface area contributed by atoms with Gasteiger partial charge in [-0.3, -0.25) is 9.69 Å². The van der Waals surface area contributed by atoms with Crippen LogP contribution in [-0.2, 0) is 14.3 Å². The summed E-state index contributed by atoms with van der Waals surface area (Å²) in [6.07, 6.45) is 1.17. The summed E-state index contributed by atoms with van der Waals surface area (Å²) in [5.74, 6) is 1.63. The van der Waals surface area contributed by atoms with E-state index in [2.05, 4.69) is 4.90 Å². The van der Waals surface area contributed by atoms with Gasteiger partial charge in [-0.05, 0) is 25.0 Å². The molecule has 4 rings (SSSR count). The van der Waals surface area contributed by atoms with Gasteiger partial charge in [-0.15, -0.1) is 11.8 Å². The summed E-state index contributed by atoms with van der Waals surface area (Å²) < 4.78 is 16.6. The zero-order valence-electron chi connectivity index (χ0n) is 15.4. The smallest absolute Gasteiger partial charge is 0.351 e. The molecule has 2 fully saturated rings. The molecule has 1 aromatic rings. The van der Waals surface area contributed by atoms with Crippen molar-refractivity contribution in [1.82, 2.24) is 9.80 Å². The van der Waals surface area contributed by atoms with Crippen LogP contribution in [0, 0.1) is 0 Å². The van der Waals surface area contributed by atoms with Gasteiger partial charge in [-0.1, -0.05) is 12.1 Å². The molecule has 1 atom stereocenters. The Morgan fingerprint density at radius 2 is 2.04 bits per heavy atom. The molecule has 0 bridgehead atoms. The molecule has 1 spiro atoms. The van der Waals surface area contributed by atoms with Gasteiger partial charge in [0.05, 0.1) is 10.6 Å². The maximum absolute atomic E-state index is 12.2. The van der Waals surface area contributed by atoms with Gasteiger partial charge in [0.1, 0.15) is 13.2 Å². The first-order chi connectivity index (χ1) is 13.1. The summed E-state index contributed by atoms with van der Waals surface area (Å²) in [6.45, 7) is 2.99. The topological polar surface area (TPSA) is 68.3 Å². The zero-order chi connectivity index (χ0) is 18.9. The van der Waals surface area contributed by atoms with E-state index in [1.165, 1.54) is 0 Å². The zero-order valence-corrected chi connectivity index (χ0v) is 16.2. The number of likely N-dealkylation sites (tertiary alicyclic amines) is 1. The Bertz CT molecular complexity index is 720. The fourth-order valence-electron chi connectivity index (χ4n) is 3.73. The lowest BCUT2D eigenvalue weighted by Crippen LogP contribution is -2.50. The maximum atomic E-state index is 12.2.